The van der Waals surface area contributed by atoms with Crippen molar-refractivity contribution in [3.8, 4) is 0 Å². The topological polar surface area (TPSA) is 29.5 Å². The molecule has 2 aromatic rings. The molecule has 3 nitrogen and oxygen atoms in total. The molecule has 0 radical (unpaired) electrons. The van der Waals surface area contributed by atoms with Crippen LogP contribution in [0.25, 0.3) is 0 Å². The van der Waals surface area contributed by atoms with Crippen molar-refractivity contribution in [1.82, 2.24) is 4.90 Å². The number of benzene rings is 2. The molecule has 1 unspecified atom stereocenters. The number of hydrogen-bond donors (Lipinski definition) is 0. The Kier molecular flexibility index (Phi) is 6.98. The lowest BCUT2D eigenvalue weighted by molar-refractivity contribution is -0.150. The first kappa shape index (κ1) is 20.2. The van der Waals surface area contributed by atoms with Crippen LogP contribution in [0.1, 0.15) is 44.7 Å². The van der Waals surface area contributed by atoms with Gasteiger partial charge in [0.2, 0.25) is 0 Å². The molecule has 0 amide bonds. The van der Waals surface area contributed by atoms with E-state index >= 15 is 0 Å². The summed E-state index contributed by atoms with van der Waals surface area (Å²) in [5.41, 5.74) is 1.98. The molecule has 0 bridgehead atoms. The number of nitrogens with zero attached hydrogens (tertiary/aromatic N) is 1. The second-order valence-corrected chi connectivity index (χ2v) is 7.23. The molecule has 2 aromatic carbocycles. The van der Waals surface area contributed by atoms with Crippen LogP contribution in [0, 0.1) is 0 Å². The predicted octanol–water partition coefficient (Wildman–Crippen LogP) is 4.65. The Balaban J connectivity index is 2.71. The van der Waals surface area contributed by atoms with Crippen molar-refractivity contribution in [3.05, 3.63) is 71.8 Å². The zero-order valence-corrected chi connectivity index (χ0v) is 16.6. The summed E-state index contributed by atoms with van der Waals surface area (Å²) in [5.74, 6) is -0.231. The van der Waals surface area contributed by atoms with Gasteiger partial charge in [-0.15, -0.1) is 0 Å². The maximum Gasteiger partial charge on any atom is 0.302 e. The molecule has 0 aliphatic carbocycles. The first-order valence-electron chi connectivity index (χ1n) is 9.36. The van der Waals surface area contributed by atoms with E-state index in [-0.39, 0.29) is 12.1 Å². The maximum absolute atomic E-state index is 11.9. The van der Waals surface area contributed by atoms with Crippen molar-refractivity contribution in [2.75, 3.05) is 14.1 Å². The van der Waals surface area contributed by atoms with E-state index in [1.54, 1.807) is 0 Å². The molecule has 2 atom stereocenters. The molecule has 0 heterocycles. The zero-order valence-electron chi connectivity index (χ0n) is 16.6. The molecule has 0 fully saturated rings. The summed E-state index contributed by atoms with van der Waals surface area (Å²) < 4.78 is 5.90. The van der Waals surface area contributed by atoms with Crippen molar-refractivity contribution >= 4 is 5.97 Å². The Morgan fingerprint density at radius 2 is 1.46 bits per heavy atom. The Hall–Kier alpha value is -2.13. The van der Waals surface area contributed by atoms with Crippen LogP contribution in [0.15, 0.2) is 60.7 Å². The van der Waals surface area contributed by atoms with Crippen LogP contribution in [0.2, 0.25) is 0 Å². The minimum absolute atomic E-state index is 0.229. The molecule has 0 N–H and O–H groups in total. The summed E-state index contributed by atoms with van der Waals surface area (Å²) in [6.45, 7) is 5.81. The fourth-order valence-electron chi connectivity index (χ4n) is 3.76. The Morgan fingerprint density at radius 3 is 1.81 bits per heavy atom. The molecule has 0 spiro atoms. The average molecular weight is 354 g/mol. The number of hydrogen-bond acceptors (Lipinski definition) is 3. The molecule has 2 rings (SSSR count). The van der Waals surface area contributed by atoms with Gasteiger partial charge in [-0.2, -0.15) is 0 Å². The smallest absolute Gasteiger partial charge is 0.302 e. The Morgan fingerprint density at radius 1 is 1.00 bits per heavy atom. The summed E-state index contributed by atoms with van der Waals surface area (Å²) >= 11 is 0. The van der Waals surface area contributed by atoms with Gasteiger partial charge < -0.3 is 9.64 Å². The molecule has 0 aromatic heterocycles. The van der Waals surface area contributed by atoms with E-state index in [2.05, 4.69) is 81.4 Å². The normalized spacial score (nSPS) is 14.1. The number of carbonyl (C=O) groups is 1. The highest BCUT2D eigenvalue weighted by Crippen LogP contribution is 2.43. The van der Waals surface area contributed by atoms with Gasteiger partial charge in [0.15, 0.2) is 0 Å². The van der Waals surface area contributed by atoms with Crippen LogP contribution < -0.4 is 0 Å². The molecule has 0 aliphatic rings. The van der Waals surface area contributed by atoms with Crippen LogP contribution in [-0.4, -0.2) is 37.1 Å². The van der Waals surface area contributed by atoms with Gasteiger partial charge in [-0.3, -0.25) is 4.79 Å². The van der Waals surface area contributed by atoms with Crippen LogP contribution in [0.3, 0.4) is 0 Å². The maximum atomic E-state index is 11.9. The van der Waals surface area contributed by atoms with Crippen LogP contribution in [-0.2, 0) is 14.9 Å². The first-order valence-corrected chi connectivity index (χ1v) is 9.36. The Labute approximate surface area is 158 Å². The summed E-state index contributed by atoms with van der Waals surface area (Å²) in [4.78, 5) is 14.1. The molecule has 26 heavy (non-hydrogen) atoms. The van der Waals surface area contributed by atoms with E-state index < -0.39 is 5.41 Å². The minimum Gasteiger partial charge on any atom is -0.461 e. The van der Waals surface area contributed by atoms with Gasteiger partial charge in [0, 0.05) is 13.0 Å². The van der Waals surface area contributed by atoms with Crippen molar-refractivity contribution in [2.24, 2.45) is 0 Å². The molecule has 0 saturated carbocycles. The minimum atomic E-state index is -0.396. The summed E-state index contributed by atoms with van der Waals surface area (Å²) in [6, 6.07) is 21.2. The van der Waals surface area contributed by atoms with E-state index in [9.17, 15) is 4.79 Å². The van der Waals surface area contributed by atoms with Crippen LogP contribution in [0.4, 0.5) is 0 Å². The molecular weight excluding hydrogens is 322 g/mol. The molecule has 0 saturated heterocycles. The van der Waals surface area contributed by atoms with Gasteiger partial charge in [-0.1, -0.05) is 67.6 Å². The van der Waals surface area contributed by atoms with Crippen molar-refractivity contribution in [1.29, 1.82) is 0 Å². The van der Waals surface area contributed by atoms with Crippen LogP contribution >= 0.6 is 0 Å². The second-order valence-electron chi connectivity index (χ2n) is 7.23. The number of esters is 1. The van der Waals surface area contributed by atoms with Gasteiger partial charge >= 0.3 is 5.97 Å². The molecule has 0 aliphatic heterocycles. The lowest BCUT2D eigenvalue weighted by atomic mass is 9.66. The fourth-order valence-corrected chi connectivity index (χ4v) is 3.76. The van der Waals surface area contributed by atoms with Gasteiger partial charge in [0.1, 0.15) is 6.10 Å². The molecule has 3 heteroatoms. The standard InChI is InChI=1S/C23H31NO2/c1-6-22(26-19(3)25)23(17-18(2)24(4)5,20-13-9-7-10-14-20)21-15-11-8-12-16-21/h7-16,18,22H,6,17H2,1-5H3/t18-,22?/m0/s1. The highest BCUT2D eigenvalue weighted by Gasteiger charge is 2.44. The summed E-state index contributed by atoms with van der Waals surface area (Å²) in [7, 11) is 4.19. The van der Waals surface area contributed by atoms with Crippen molar-refractivity contribution < 1.29 is 9.53 Å². The molecule has 140 valence electrons. The monoisotopic (exact) mass is 353 g/mol. The van der Waals surface area contributed by atoms with Gasteiger partial charge in [-0.25, -0.2) is 0 Å². The predicted molar refractivity (Wildman–Crippen MR) is 107 cm³/mol. The van der Waals surface area contributed by atoms with Crippen molar-refractivity contribution in [3.63, 3.8) is 0 Å². The van der Waals surface area contributed by atoms with E-state index in [0.717, 1.165) is 12.8 Å². The molecular formula is C23H31NO2. The second kappa shape index (κ2) is 9.00. The number of rotatable bonds is 8. The third kappa shape index (κ3) is 4.34. The third-order valence-electron chi connectivity index (χ3n) is 5.31. The van der Waals surface area contributed by atoms with Gasteiger partial charge in [0.05, 0.1) is 5.41 Å². The number of ether oxygens (including phenoxy) is 1. The number of carbonyl (C=O) groups excluding carboxylic acids is 1. The lowest BCUT2D eigenvalue weighted by Gasteiger charge is -2.43. The fraction of sp³-hybridized carbons (Fsp3) is 0.435. The quantitative estimate of drug-likeness (QED) is 0.647. The van der Waals surface area contributed by atoms with E-state index in [1.165, 1.54) is 18.1 Å². The van der Waals surface area contributed by atoms with E-state index in [0.29, 0.717) is 6.04 Å². The summed E-state index contributed by atoms with van der Waals surface area (Å²) in [6.07, 6.45) is 1.38. The zero-order chi connectivity index (χ0) is 19.2. The van der Waals surface area contributed by atoms with E-state index in [4.69, 9.17) is 4.74 Å². The Bertz CT molecular complexity index is 642. The third-order valence-corrected chi connectivity index (χ3v) is 5.31. The van der Waals surface area contributed by atoms with Crippen molar-refractivity contribution in [2.45, 2.75) is 51.2 Å². The largest absolute Gasteiger partial charge is 0.461 e. The van der Waals surface area contributed by atoms with Crippen LogP contribution in [0.5, 0.6) is 0 Å². The average Bonchev–Trinajstić information content (AvgIpc) is 2.65. The first-order chi connectivity index (χ1) is 12.4. The van der Waals surface area contributed by atoms with Gasteiger partial charge in [0.25, 0.3) is 0 Å². The highest BCUT2D eigenvalue weighted by molar-refractivity contribution is 5.66. The van der Waals surface area contributed by atoms with E-state index in [1.807, 2.05) is 12.1 Å². The lowest BCUT2D eigenvalue weighted by Crippen LogP contribution is -2.47. The van der Waals surface area contributed by atoms with Gasteiger partial charge in [-0.05, 0) is 45.0 Å². The summed E-state index contributed by atoms with van der Waals surface area (Å²) in [5, 5.41) is 0. The highest BCUT2D eigenvalue weighted by atomic mass is 16.5. The SMILES string of the molecule is CCC(OC(C)=O)C(C[C@H](C)N(C)C)(c1ccccc1)c1ccccc1.